The van der Waals surface area contributed by atoms with E-state index in [4.69, 9.17) is 0 Å². The number of halogens is 1. The quantitative estimate of drug-likeness (QED) is 0.760. The molecule has 1 aromatic carbocycles. The van der Waals surface area contributed by atoms with Gasteiger partial charge in [-0.05, 0) is 43.0 Å². The van der Waals surface area contributed by atoms with Gasteiger partial charge in [0.05, 0.1) is 5.92 Å². The average Bonchev–Trinajstić information content (AvgIpc) is 2.55. The molecule has 0 bridgehead atoms. The van der Waals surface area contributed by atoms with E-state index in [0.717, 1.165) is 41.4 Å². The van der Waals surface area contributed by atoms with Gasteiger partial charge in [-0.15, -0.1) is 0 Å². The standard InChI is InChI=1S/C14H14FNO2/c15-8-5-6-12-11(7-8)9-3-1-2-4-10(14(17)18)13(9)16-12/h5-7,10,16H,1-4H2,(H,17,18)/t10-/m0/s1. The smallest absolute Gasteiger partial charge is 0.312 e. The summed E-state index contributed by atoms with van der Waals surface area (Å²) in [5.41, 5.74) is 2.57. The first-order valence-corrected chi connectivity index (χ1v) is 6.19. The largest absolute Gasteiger partial charge is 0.481 e. The molecular formula is C14H14FNO2. The van der Waals surface area contributed by atoms with Crippen molar-refractivity contribution >= 4 is 16.9 Å². The maximum Gasteiger partial charge on any atom is 0.312 e. The summed E-state index contributed by atoms with van der Waals surface area (Å²) in [6.45, 7) is 0. The number of benzene rings is 1. The van der Waals surface area contributed by atoms with Gasteiger partial charge >= 0.3 is 5.97 Å². The first kappa shape index (κ1) is 11.3. The molecular weight excluding hydrogens is 233 g/mol. The summed E-state index contributed by atoms with van der Waals surface area (Å²) in [7, 11) is 0. The lowest BCUT2D eigenvalue weighted by molar-refractivity contribution is -0.139. The maximum atomic E-state index is 13.3. The van der Waals surface area contributed by atoms with E-state index < -0.39 is 11.9 Å². The molecule has 0 aliphatic heterocycles. The molecule has 3 rings (SSSR count). The first-order valence-electron chi connectivity index (χ1n) is 6.19. The Bertz CT molecular complexity index is 618. The number of fused-ring (bicyclic) bond motifs is 3. The molecule has 3 nitrogen and oxygen atoms in total. The third-order valence-corrected chi connectivity index (χ3v) is 3.72. The molecule has 0 saturated heterocycles. The Balaban J connectivity index is 2.24. The van der Waals surface area contributed by atoms with Crippen LogP contribution in [-0.4, -0.2) is 16.1 Å². The Labute approximate surface area is 104 Å². The average molecular weight is 247 g/mol. The van der Waals surface area contributed by atoms with Crippen molar-refractivity contribution in [1.82, 2.24) is 4.98 Å². The van der Waals surface area contributed by atoms with Crippen molar-refractivity contribution in [2.45, 2.75) is 31.6 Å². The molecule has 2 N–H and O–H groups in total. The van der Waals surface area contributed by atoms with Gasteiger partial charge in [0.2, 0.25) is 0 Å². The number of aromatic amines is 1. The highest BCUT2D eigenvalue weighted by Crippen LogP contribution is 2.35. The summed E-state index contributed by atoms with van der Waals surface area (Å²) in [6.07, 6.45) is 3.33. The fourth-order valence-electron chi connectivity index (χ4n) is 2.85. The summed E-state index contributed by atoms with van der Waals surface area (Å²) < 4.78 is 13.3. The second-order valence-corrected chi connectivity index (χ2v) is 4.84. The molecule has 0 saturated carbocycles. The van der Waals surface area contributed by atoms with Crippen LogP contribution in [0.5, 0.6) is 0 Å². The van der Waals surface area contributed by atoms with E-state index in [-0.39, 0.29) is 5.82 Å². The SMILES string of the molecule is O=C(O)[C@H]1CCCCc2c1[nH]c1ccc(F)cc21. The van der Waals surface area contributed by atoms with E-state index in [1.807, 2.05) is 0 Å². The van der Waals surface area contributed by atoms with Crippen molar-refractivity contribution in [3.8, 4) is 0 Å². The van der Waals surface area contributed by atoms with Gasteiger partial charge < -0.3 is 10.1 Å². The molecule has 4 heteroatoms. The van der Waals surface area contributed by atoms with Crippen LogP contribution < -0.4 is 0 Å². The van der Waals surface area contributed by atoms with Gasteiger partial charge in [0, 0.05) is 16.6 Å². The number of nitrogens with one attached hydrogen (secondary N) is 1. The highest BCUT2D eigenvalue weighted by Gasteiger charge is 2.27. The molecule has 0 fully saturated rings. The van der Waals surface area contributed by atoms with E-state index >= 15 is 0 Å². The van der Waals surface area contributed by atoms with Crippen molar-refractivity contribution in [2.24, 2.45) is 0 Å². The molecule has 18 heavy (non-hydrogen) atoms. The van der Waals surface area contributed by atoms with Crippen molar-refractivity contribution in [1.29, 1.82) is 0 Å². The van der Waals surface area contributed by atoms with E-state index in [1.165, 1.54) is 12.1 Å². The minimum absolute atomic E-state index is 0.277. The number of aryl methyl sites for hydroxylation is 1. The van der Waals surface area contributed by atoms with Crippen molar-refractivity contribution in [3.05, 3.63) is 35.3 Å². The Morgan fingerprint density at radius 1 is 1.39 bits per heavy atom. The van der Waals surface area contributed by atoms with Crippen molar-refractivity contribution in [3.63, 3.8) is 0 Å². The van der Waals surface area contributed by atoms with Crippen LogP contribution in [0.4, 0.5) is 4.39 Å². The highest BCUT2D eigenvalue weighted by molar-refractivity contribution is 5.88. The number of carboxylic acid groups (broad SMARTS) is 1. The third-order valence-electron chi connectivity index (χ3n) is 3.72. The van der Waals surface area contributed by atoms with Gasteiger partial charge in [-0.3, -0.25) is 4.79 Å². The van der Waals surface area contributed by atoms with E-state index in [9.17, 15) is 14.3 Å². The highest BCUT2D eigenvalue weighted by atomic mass is 19.1. The number of hydrogen-bond donors (Lipinski definition) is 2. The lowest BCUT2D eigenvalue weighted by Gasteiger charge is -2.08. The molecule has 94 valence electrons. The zero-order valence-corrected chi connectivity index (χ0v) is 9.87. The zero-order valence-electron chi connectivity index (χ0n) is 9.87. The summed E-state index contributed by atoms with van der Waals surface area (Å²) in [4.78, 5) is 14.5. The zero-order chi connectivity index (χ0) is 12.7. The predicted octanol–water partition coefficient (Wildman–Crippen LogP) is 3.20. The van der Waals surface area contributed by atoms with Crippen LogP contribution in [0.2, 0.25) is 0 Å². The normalized spacial score (nSPS) is 19.5. The van der Waals surface area contributed by atoms with E-state index in [2.05, 4.69) is 4.98 Å². The summed E-state index contributed by atoms with van der Waals surface area (Å²) in [5, 5.41) is 10.1. The van der Waals surface area contributed by atoms with Gasteiger partial charge in [0.25, 0.3) is 0 Å². The molecule has 1 aliphatic rings. The topological polar surface area (TPSA) is 53.1 Å². The van der Waals surface area contributed by atoms with Crippen molar-refractivity contribution in [2.75, 3.05) is 0 Å². The molecule has 1 atom stereocenters. The van der Waals surface area contributed by atoms with Gasteiger partial charge in [-0.25, -0.2) is 4.39 Å². The summed E-state index contributed by atoms with van der Waals surface area (Å²) in [6, 6.07) is 4.57. The second-order valence-electron chi connectivity index (χ2n) is 4.84. The van der Waals surface area contributed by atoms with E-state index in [1.54, 1.807) is 6.07 Å². The van der Waals surface area contributed by atoms with Gasteiger partial charge in [0.15, 0.2) is 0 Å². The van der Waals surface area contributed by atoms with Crippen LogP contribution in [0.1, 0.15) is 36.4 Å². The van der Waals surface area contributed by atoms with Crippen molar-refractivity contribution < 1.29 is 14.3 Å². The molecule has 0 amide bonds. The molecule has 0 spiro atoms. The molecule has 2 aromatic rings. The Morgan fingerprint density at radius 3 is 3.00 bits per heavy atom. The Morgan fingerprint density at radius 2 is 2.22 bits per heavy atom. The lowest BCUT2D eigenvalue weighted by atomic mass is 9.99. The molecule has 1 heterocycles. The minimum atomic E-state index is -0.801. The number of rotatable bonds is 1. The number of aliphatic carboxylic acids is 1. The maximum absolute atomic E-state index is 13.3. The van der Waals surface area contributed by atoms with Crippen LogP contribution in [-0.2, 0) is 11.2 Å². The fraction of sp³-hybridized carbons (Fsp3) is 0.357. The molecule has 1 aromatic heterocycles. The second kappa shape index (κ2) is 4.12. The van der Waals surface area contributed by atoms with Crippen LogP contribution >= 0.6 is 0 Å². The van der Waals surface area contributed by atoms with Crippen LogP contribution in [0.15, 0.2) is 18.2 Å². The summed E-state index contributed by atoms with van der Waals surface area (Å²) in [5.74, 6) is -1.57. The van der Waals surface area contributed by atoms with Gasteiger partial charge in [-0.2, -0.15) is 0 Å². The molecule has 0 unspecified atom stereocenters. The number of carbonyl (C=O) groups is 1. The lowest BCUT2D eigenvalue weighted by Crippen LogP contribution is -2.12. The monoisotopic (exact) mass is 247 g/mol. The number of carboxylic acids is 1. The number of H-pyrrole nitrogens is 1. The van der Waals surface area contributed by atoms with E-state index in [0.29, 0.717) is 6.42 Å². The van der Waals surface area contributed by atoms with Crippen LogP contribution in [0.3, 0.4) is 0 Å². The Kier molecular flexibility index (Phi) is 2.58. The van der Waals surface area contributed by atoms with Gasteiger partial charge in [-0.1, -0.05) is 6.42 Å². The molecule has 1 aliphatic carbocycles. The predicted molar refractivity (Wildman–Crippen MR) is 66.2 cm³/mol. The number of aromatic nitrogens is 1. The molecule has 0 radical (unpaired) electrons. The van der Waals surface area contributed by atoms with Crippen LogP contribution in [0.25, 0.3) is 10.9 Å². The Hall–Kier alpha value is -1.84. The minimum Gasteiger partial charge on any atom is -0.481 e. The third kappa shape index (κ3) is 1.68. The van der Waals surface area contributed by atoms with Crippen LogP contribution in [0, 0.1) is 5.82 Å². The van der Waals surface area contributed by atoms with Gasteiger partial charge in [0.1, 0.15) is 5.82 Å². The first-order chi connectivity index (χ1) is 8.66. The fourth-order valence-corrected chi connectivity index (χ4v) is 2.85. The summed E-state index contributed by atoms with van der Waals surface area (Å²) >= 11 is 0. The number of hydrogen-bond acceptors (Lipinski definition) is 1.